The smallest absolute Gasteiger partial charge is 0.158 e. The monoisotopic (exact) mass is 168 g/mol. The van der Waals surface area contributed by atoms with E-state index in [4.69, 9.17) is 5.11 Å². The van der Waals surface area contributed by atoms with Gasteiger partial charge in [0.05, 0.1) is 6.04 Å². The van der Waals surface area contributed by atoms with Crippen molar-refractivity contribution in [1.29, 1.82) is 0 Å². The van der Waals surface area contributed by atoms with E-state index in [0.717, 1.165) is 13.1 Å². The molecule has 0 bridgehead atoms. The fourth-order valence-corrected chi connectivity index (χ4v) is 1.53. The van der Waals surface area contributed by atoms with Gasteiger partial charge in [0.25, 0.3) is 0 Å². The van der Waals surface area contributed by atoms with E-state index >= 15 is 0 Å². The maximum Gasteiger partial charge on any atom is 0.158 e. The third-order valence-corrected chi connectivity index (χ3v) is 2.23. The van der Waals surface area contributed by atoms with Crippen molar-refractivity contribution in [3.05, 3.63) is 12.2 Å². The molecule has 1 aliphatic heterocycles. The van der Waals surface area contributed by atoms with Gasteiger partial charge in [0.2, 0.25) is 0 Å². The molecule has 0 aromatic carbocycles. The fourth-order valence-electron chi connectivity index (χ4n) is 1.53. The van der Waals surface area contributed by atoms with Gasteiger partial charge in [-0.2, -0.15) is 0 Å². The van der Waals surface area contributed by atoms with Crippen molar-refractivity contribution in [1.82, 2.24) is 19.7 Å². The Morgan fingerprint density at radius 1 is 1.67 bits per heavy atom. The molecule has 5 nitrogen and oxygen atoms in total. The van der Waals surface area contributed by atoms with Crippen molar-refractivity contribution in [2.24, 2.45) is 0 Å². The number of aliphatic hydroxyl groups is 1. The van der Waals surface area contributed by atoms with Gasteiger partial charge in [0.1, 0.15) is 12.9 Å². The van der Waals surface area contributed by atoms with Crippen LogP contribution >= 0.6 is 0 Å². The Morgan fingerprint density at radius 3 is 3.00 bits per heavy atom. The van der Waals surface area contributed by atoms with Crippen LogP contribution in [0.15, 0.2) is 6.33 Å². The zero-order chi connectivity index (χ0) is 8.55. The molecule has 0 saturated carbocycles. The molecule has 0 atom stereocenters. The Bertz CT molecular complexity index is 266. The van der Waals surface area contributed by atoms with Crippen LogP contribution in [0.3, 0.4) is 0 Å². The first-order valence-corrected chi connectivity index (χ1v) is 3.99. The first-order valence-electron chi connectivity index (χ1n) is 3.99. The van der Waals surface area contributed by atoms with Gasteiger partial charge in [0.15, 0.2) is 5.82 Å². The Morgan fingerprint density at radius 2 is 2.42 bits per heavy atom. The van der Waals surface area contributed by atoms with Gasteiger partial charge in [-0.1, -0.05) is 0 Å². The maximum absolute atomic E-state index is 8.90. The number of aliphatic hydroxyl groups excluding tert-OH is 1. The second-order valence-corrected chi connectivity index (χ2v) is 3.19. The number of aromatic nitrogens is 3. The Balaban J connectivity index is 2.12. The Kier molecular flexibility index (Phi) is 1.82. The summed E-state index contributed by atoms with van der Waals surface area (Å²) in [6.07, 6.45) is 1.68. The molecule has 12 heavy (non-hydrogen) atoms. The zero-order valence-electron chi connectivity index (χ0n) is 7.01. The summed E-state index contributed by atoms with van der Waals surface area (Å²) in [7, 11) is 2.07. The van der Waals surface area contributed by atoms with Crippen LogP contribution in [0.2, 0.25) is 0 Å². The summed E-state index contributed by atoms with van der Waals surface area (Å²) in [6, 6.07) is 0.451. The molecule has 1 fully saturated rings. The molecule has 2 heterocycles. The molecule has 5 heteroatoms. The number of rotatable bonds is 2. The lowest BCUT2D eigenvalue weighted by Gasteiger charge is -2.37. The molecule has 2 rings (SSSR count). The molecule has 66 valence electrons. The summed E-state index contributed by atoms with van der Waals surface area (Å²) < 4.78 is 1.94. The van der Waals surface area contributed by atoms with Gasteiger partial charge in [-0.05, 0) is 7.05 Å². The van der Waals surface area contributed by atoms with E-state index in [0.29, 0.717) is 11.9 Å². The largest absolute Gasteiger partial charge is 0.388 e. The summed E-state index contributed by atoms with van der Waals surface area (Å²) in [4.78, 5) is 2.21. The van der Waals surface area contributed by atoms with E-state index < -0.39 is 0 Å². The van der Waals surface area contributed by atoms with E-state index in [2.05, 4.69) is 22.1 Å². The molecule has 0 spiro atoms. The second kappa shape index (κ2) is 2.84. The van der Waals surface area contributed by atoms with E-state index in [-0.39, 0.29) is 6.61 Å². The SMILES string of the molecule is CN1CC(n2cnnc2CO)C1. The third-order valence-electron chi connectivity index (χ3n) is 2.23. The van der Waals surface area contributed by atoms with Gasteiger partial charge >= 0.3 is 0 Å². The first kappa shape index (κ1) is 7.70. The van der Waals surface area contributed by atoms with Gasteiger partial charge < -0.3 is 14.6 Å². The average Bonchev–Trinajstić information content (AvgIpc) is 2.45. The van der Waals surface area contributed by atoms with Crippen LogP contribution in [0, 0.1) is 0 Å². The molecule has 1 saturated heterocycles. The van der Waals surface area contributed by atoms with Crippen LogP contribution in [0.25, 0.3) is 0 Å². The molecular formula is C7H12N4O. The quantitative estimate of drug-likeness (QED) is 0.631. The molecule has 1 aliphatic rings. The van der Waals surface area contributed by atoms with E-state index in [1.165, 1.54) is 0 Å². The maximum atomic E-state index is 8.90. The molecule has 0 aliphatic carbocycles. The third kappa shape index (κ3) is 1.11. The minimum absolute atomic E-state index is 0.0276. The van der Waals surface area contributed by atoms with Crippen LogP contribution < -0.4 is 0 Å². The van der Waals surface area contributed by atoms with Crippen molar-refractivity contribution in [3.8, 4) is 0 Å². The number of hydrogen-bond acceptors (Lipinski definition) is 4. The molecule has 0 unspecified atom stereocenters. The highest BCUT2D eigenvalue weighted by Crippen LogP contribution is 2.19. The van der Waals surface area contributed by atoms with Gasteiger partial charge in [-0.25, -0.2) is 0 Å². The Hall–Kier alpha value is -0.940. The van der Waals surface area contributed by atoms with Gasteiger partial charge in [-0.15, -0.1) is 10.2 Å². The fraction of sp³-hybridized carbons (Fsp3) is 0.714. The minimum atomic E-state index is -0.0276. The van der Waals surface area contributed by atoms with E-state index in [1.807, 2.05) is 4.57 Å². The van der Waals surface area contributed by atoms with Crippen LogP contribution in [0.1, 0.15) is 11.9 Å². The summed E-state index contributed by atoms with van der Waals surface area (Å²) in [5, 5.41) is 16.5. The van der Waals surface area contributed by atoms with Crippen molar-refractivity contribution < 1.29 is 5.11 Å². The summed E-state index contributed by atoms with van der Waals surface area (Å²) >= 11 is 0. The molecule has 0 amide bonds. The Labute approximate surface area is 70.6 Å². The lowest BCUT2D eigenvalue weighted by molar-refractivity contribution is 0.132. The second-order valence-electron chi connectivity index (χ2n) is 3.19. The van der Waals surface area contributed by atoms with Crippen LogP contribution in [-0.4, -0.2) is 44.9 Å². The van der Waals surface area contributed by atoms with Crippen molar-refractivity contribution in [2.75, 3.05) is 20.1 Å². The molecule has 1 N–H and O–H groups in total. The highest BCUT2D eigenvalue weighted by molar-refractivity contribution is 4.93. The van der Waals surface area contributed by atoms with Crippen LogP contribution in [-0.2, 0) is 6.61 Å². The van der Waals surface area contributed by atoms with Crippen LogP contribution in [0.4, 0.5) is 0 Å². The highest BCUT2D eigenvalue weighted by Gasteiger charge is 2.26. The summed E-state index contributed by atoms with van der Waals surface area (Å²) in [5.41, 5.74) is 0. The highest BCUT2D eigenvalue weighted by atomic mass is 16.3. The molecule has 1 aromatic heterocycles. The minimum Gasteiger partial charge on any atom is -0.388 e. The molecule has 1 aromatic rings. The van der Waals surface area contributed by atoms with Gasteiger partial charge in [0, 0.05) is 13.1 Å². The van der Waals surface area contributed by atoms with Crippen molar-refractivity contribution in [3.63, 3.8) is 0 Å². The molecular weight excluding hydrogens is 156 g/mol. The number of likely N-dealkylation sites (N-methyl/N-ethyl adjacent to an activating group) is 1. The zero-order valence-corrected chi connectivity index (χ0v) is 7.01. The summed E-state index contributed by atoms with van der Waals surface area (Å²) in [6.45, 7) is 2.01. The number of nitrogens with zero attached hydrogens (tertiary/aromatic N) is 4. The van der Waals surface area contributed by atoms with Crippen LogP contribution in [0.5, 0.6) is 0 Å². The predicted molar refractivity (Wildman–Crippen MR) is 42.5 cm³/mol. The lowest BCUT2D eigenvalue weighted by atomic mass is 10.1. The van der Waals surface area contributed by atoms with Gasteiger partial charge in [-0.3, -0.25) is 0 Å². The lowest BCUT2D eigenvalue weighted by Crippen LogP contribution is -2.45. The number of hydrogen-bond donors (Lipinski definition) is 1. The normalized spacial score (nSPS) is 19.5. The van der Waals surface area contributed by atoms with Crippen molar-refractivity contribution in [2.45, 2.75) is 12.6 Å². The average molecular weight is 168 g/mol. The van der Waals surface area contributed by atoms with E-state index in [1.54, 1.807) is 6.33 Å². The van der Waals surface area contributed by atoms with Crippen molar-refractivity contribution >= 4 is 0 Å². The standard InChI is InChI=1S/C7H12N4O/c1-10-2-6(3-10)11-5-8-9-7(11)4-12/h5-6,12H,2-4H2,1H3. The molecule has 0 radical (unpaired) electrons. The first-order chi connectivity index (χ1) is 5.81. The van der Waals surface area contributed by atoms with E-state index in [9.17, 15) is 0 Å². The predicted octanol–water partition coefficient (Wildman–Crippen LogP) is -0.743. The summed E-state index contributed by atoms with van der Waals surface area (Å²) in [5.74, 6) is 0.660. The number of likely N-dealkylation sites (tertiary alicyclic amines) is 1. The topological polar surface area (TPSA) is 54.2 Å².